The maximum absolute atomic E-state index is 13.3. The fraction of sp³-hybridized carbons (Fsp3) is 0.111. The monoisotopic (exact) mass is 212 g/mol. The third-order valence-electron chi connectivity index (χ3n) is 1.84. The van der Waals surface area contributed by atoms with Crippen molar-refractivity contribution >= 4 is 22.5 Å². The average Bonchev–Trinajstić information content (AvgIpc) is 2.23. The smallest absolute Gasteiger partial charge is 0.155 e. The largest absolute Gasteiger partial charge is 0.495 e. The van der Waals surface area contributed by atoms with E-state index in [1.54, 1.807) is 0 Å². The number of hydrogen-bond acceptors (Lipinski definition) is 3. The van der Waals surface area contributed by atoms with Crippen molar-refractivity contribution in [3.8, 4) is 5.75 Å². The molecule has 0 aliphatic heterocycles. The second-order valence-corrected chi connectivity index (χ2v) is 3.03. The lowest BCUT2D eigenvalue weighted by atomic mass is 10.2. The quantitative estimate of drug-likeness (QED) is 0.681. The van der Waals surface area contributed by atoms with Crippen LogP contribution in [0.25, 0.3) is 10.9 Å². The summed E-state index contributed by atoms with van der Waals surface area (Å²) in [4.78, 5) is 7.60. The summed E-state index contributed by atoms with van der Waals surface area (Å²) in [7, 11) is 1.49. The molecule has 0 spiro atoms. The molecule has 0 N–H and O–H groups in total. The van der Waals surface area contributed by atoms with Gasteiger partial charge in [0.15, 0.2) is 11.0 Å². The van der Waals surface area contributed by atoms with Crippen molar-refractivity contribution in [2.75, 3.05) is 7.11 Å². The molecular formula is C9H6ClFN2O. The minimum Gasteiger partial charge on any atom is -0.495 e. The van der Waals surface area contributed by atoms with Crippen molar-refractivity contribution < 1.29 is 9.13 Å². The standard InChI is InChI=1S/C9H6ClFN2O/c1-14-5-2-6-7(11)4-13-9(10)8(6)12-3-5/h2-4H,1H3. The molecule has 0 aromatic carbocycles. The molecule has 14 heavy (non-hydrogen) atoms. The molecule has 2 rings (SSSR count). The van der Waals surface area contributed by atoms with Crippen molar-refractivity contribution in [1.29, 1.82) is 0 Å². The highest BCUT2D eigenvalue weighted by molar-refractivity contribution is 6.33. The molecule has 0 unspecified atom stereocenters. The van der Waals surface area contributed by atoms with Gasteiger partial charge in [-0.15, -0.1) is 0 Å². The van der Waals surface area contributed by atoms with Gasteiger partial charge in [-0.25, -0.2) is 14.4 Å². The van der Waals surface area contributed by atoms with Crippen molar-refractivity contribution in [2.24, 2.45) is 0 Å². The van der Waals surface area contributed by atoms with Gasteiger partial charge in [0.2, 0.25) is 0 Å². The van der Waals surface area contributed by atoms with E-state index in [0.29, 0.717) is 16.7 Å². The number of ether oxygens (including phenoxy) is 1. The molecule has 0 fully saturated rings. The van der Waals surface area contributed by atoms with Gasteiger partial charge in [-0.05, 0) is 6.07 Å². The summed E-state index contributed by atoms with van der Waals surface area (Å²) in [5.41, 5.74) is 0.340. The van der Waals surface area contributed by atoms with E-state index in [9.17, 15) is 4.39 Å². The zero-order valence-corrected chi connectivity index (χ0v) is 8.05. The first-order chi connectivity index (χ1) is 6.72. The molecule has 2 aromatic heterocycles. The van der Waals surface area contributed by atoms with E-state index < -0.39 is 5.82 Å². The Labute approximate surface area is 84.5 Å². The lowest BCUT2D eigenvalue weighted by molar-refractivity contribution is 0.413. The van der Waals surface area contributed by atoms with E-state index in [1.165, 1.54) is 19.4 Å². The normalized spacial score (nSPS) is 10.5. The van der Waals surface area contributed by atoms with Crippen molar-refractivity contribution in [3.05, 3.63) is 29.4 Å². The van der Waals surface area contributed by atoms with Gasteiger partial charge >= 0.3 is 0 Å². The first-order valence-electron chi connectivity index (χ1n) is 3.86. The van der Waals surface area contributed by atoms with Crippen LogP contribution in [0.4, 0.5) is 4.39 Å². The van der Waals surface area contributed by atoms with Crippen LogP contribution in [0.3, 0.4) is 0 Å². The van der Waals surface area contributed by atoms with Crippen LogP contribution in [0, 0.1) is 5.82 Å². The van der Waals surface area contributed by atoms with E-state index in [-0.39, 0.29) is 5.15 Å². The lowest BCUT2D eigenvalue weighted by Gasteiger charge is -2.02. The van der Waals surface area contributed by atoms with Crippen LogP contribution in [0.5, 0.6) is 5.75 Å². The molecule has 0 radical (unpaired) electrons. The van der Waals surface area contributed by atoms with Crippen LogP contribution in [-0.4, -0.2) is 17.1 Å². The Balaban J connectivity index is 2.80. The molecule has 0 bridgehead atoms. The summed E-state index contributed by atoms with van der Waals surface area (Å²) in [5.74, 6) is 0.0227. The first-order valence-corrected chi connectivity index (χ1v) is 4.24. The predicted molar refractivity (Wildman–Crippen MR) is 51.1 cm³/mol. The van der Waals surface area contributed by atoms with Gasteiger partial charge in [0.25, 0.3) is 0 Å². The number of hydrogen-bond donors (Lipinski definition) is 0. The lowest BCUT2D eigenvalue weighted by Crippen LogP contribution is -1.90. The molecule has 3 nitrogen and oxygen atoms in total. The highest BCUT2D eigenvalue weighted by Crippen LogP contribution is 2.24. The highest BCUT2D eigenvalue weighted by Gasteiger charge is 2.07. The first kappa shape index (κ1) is 9.15. The predicted octanol–water partition coefficient (Wildman–Crippen LogP) is 2.43. The van der Waals surface area contributed by atoms with Gasteiger partial charge < -0.3 is 4.74 Å². The molecule has 2 heterocycles. The number of nitrogens with zero attached hydrogens (tertiary/aromatic N) is 2. The van der Waals surface area contributed by atoms with Gasteiger partial charge in [-0.3, -0.25) is 0 Å². The molecule has 72 valence electrons. The van der Waals surface area contributed by atoms with Crippen LogP contribution in [-0.2, 0) is 0 Å². The fourth-order valence-corrected chi connectivity index (χ4v) is 1.35. The van der Waals surface area contributed by atoms with E-state index in [0.717, 1.165) is 6.20 Å². The summed E-state index contributed by atoms with van der Waals surface area (Å²) in [6, 6.07) is 1.53. The molecule has 0 aliphatic carbocycles. The Kier molecular flexibility index (Phi) is 2.21. The van der Waals surface area contributed by atoms with Gasteiger partial charge in [-0.2, -0.15) is 0 Å². The maximum atomic E-state index is 13.3. The zero-order chi connectivity index (χ0) is 10.1. The Hall–Kier alpha value is -1.42. The van der Waals surface area contributed by atoms with Gasteiger partial charge in [0.1, 0.15) is 11.3 Å². The fourth-order valence-electron chi connectivity index (χ4n) is 1.15. The Bertz CT molecular complexity index is 489. The molecule has 0 amide bonds. The maximum Gasteiger partial charge on any atom is 0.155 e. The van der Waals surface area contributed by atoms with Gasteiger partial charge in [-0.1, -0.05) is 11.6 Å². The Morgan fingerprint density at radius 2 is 2.14 bits per heavy atom. The van der Waals surface area contributed by atoms with E-state index >= 15 is 0 Å². The van der Waals surface area contributed by atoms with Crippen molar-refractivity contribution in [3.63, 3.8) is 0 Å². The molecule has 0 saturated carbocycles. The molecule has 0 aliphatic rings. The molecule has 0 atom stereocenters. The molecule has 5 heteroatoms. The Morgan fingerprint density at radius 3 is 2.86 bits per heavy atom. The van der Waals surface area contributed by atoms with E-state index in [1.807, 2.05) is 0 Å². The van der Waals surface area contributed by atoms with Crippen molar-refractivity contribution in [2.45, 2.75) is 0 Å². The number of rotatable bonds is 1. The average molecular weight is 213 g/mol. The molecule has 2 aromatic rings. The molecular weight excluding hydrogens is 207 g/mol. The molecule has 0 saturated heterocycles. The Morgan fingerprint density at radius 1 is 1.36 bits per heavy atom. The van der Waals surface area contributed by atoms with E-state index in [2.05, 4.69) is 9.97 Å². The number of fused-ring (bicyclic) bond motifs is 1. The minimum absolute atomic E-state index is 0.184. The number of aromatic nitrogens is 2. The van der Waals surface area contributed by atoms with Gasteiger partial charge in [0.05, 0.1) is 19.5 Å². The van der Waals surface area contributed by atoms with Crippen LogP contribution >= 0.6 is 11.6 Å². The van der Waals surface area contributed by atoms with Crippen LogP contribution < -0.4 is 4.74 Å². The van der Waals surface area contributed by atoms with Gasteiger partial charge in [0, 0.05) is 5.39 Å². The third-order valence-corrected chi connectivity index (χ3v) is 2.12. The summed E-state index contributed by atoms with van der Waals surface area (Å²) < 4.78 is 18.2. The summed E-state index contributed by atoms with van der Waals surface area (Å²) >= 11 is 5.74. The van der Waals surface area contributed by atoms with E-state index in [4.69, 9.17) is 16.3 Å². The number of pyridine rings is 2. The van der Waals surface area contributed by atoms with Crippen LogP contribution in [0.2, 0.25) is 5.15 Å². The topological polar surface area (TPSA) is 35.0 Å². The summed E-state index contributed by atoms with van der Waals surface area (Å²) in [5, 5.41) is 0.494. The second kappa shape index (κ2) is 3.38. The number of halogens is 2. The minimum atomic E-state index is -0.462. The van der Waals surface area contributed by atoms with Crippen molar-refractivity contribution in [1.82, 2.24) is 9.97 Å². The highest BCUT2D eigenvalue weighted by atomic mass is 35.5. The summed E-state index contributed by atoms with van der Waals surface area (Å²) in [6.07, 6.45) is 2.53. The second-order valence-electron chi connectivity index (χ2n) is 2.67. The number of methoxy groups -OCH3 is 1. The zero-order valence-electron chi connectivity index (χ0n) is 7.29. The summed E-state index contributed by atoms with van der Waals surface area (Å²) in [6.45, 7) is 0. The third kappa shape index (κ3) is 1.37. The van der Waals surface area contributed by atoms with Crippen LogP contribution in [0.15, 0.2) is 18.5 Å². The van der Waals surface area contributed by atoms with Crippen LogP contribution in [0.1, 0.15) is 0 Å². The SMILES string of the molecule is COc1cnc2c(Cl)ncc(F)c2c1.